The number of allylic oxidation sites excluding steroid dienone is 2. The van der Waals surface area contributed by atoms with E-state index >= 15 is 0 Å². The zero-order valence-electron chi connectivity index (χ0n) is 71.3. The van der Waals surface area contributed by atoms with Gasteiger partial charge in [-0.05, 0) is 57.3 Å². The third-order valence-corrected chi connectivity index (χ3v) is 23.7. The largest absolute Gasteiger partial charge is 0.472 e. The highest BCUT2D eigenvalue weighted by Crippen LogP contribution is 2.49. The van der Waals surface area contributed by atoms with Crippen molar-refractivity contribution >= 4 is 31.7 Å². The van der Waals surface area contributed by atoms with Gasteiger partial charge in [-0.3, -0.25) is 28.2 Å². The summed E-state index contributed by atoms with van der Waals surface area (Å²) >= 11 is 0. The number of aliphatic hydroxyl groups is 9. The van der Waals surface area contributed by atoms with Crippen LogP contribution in [0.15, 0.2) is 12.2 Å². The van der Waals surface area contributed by atoms with Gasteiger partial charge in [0.1, 0.15) is 92.6 Å². The van der Waals surface area contributed by atoms with Crippen molar-refractivity contribution in [3.8, 4) is 0 Å². The fourth-order valence-corrected chi connectivity index (χ4v) is 16.2. The van der Waals surface area contributed by atoms with Gasteiger partial charge in [0.25, 0.3) is 0 Å². The molecule has 1 aliphatic carbocycles. The summed E-state index contributed by atoms with van der Waals surface area (Å²) in [5.74, 6) is -2.28. The van der Waals surface area contributed by atoms with Crippen LogP contribution in [0.2, 0.25) is 0 Å². The lowest BCUT2D eigenvalue weighted by atomic mass is 9.84. The van der Waals surface area contributed by atoms with Crippen molar-refractivity contribution < 1.29 is 122 Å². The summed E-state index contributed by atoms with van der Waals surface area (Å²) in [5, 5.41) is 102. The number of aliphatic hydroxyl groups excluding tert-OH is 9. The summed E-state index contributed by atoms with van der Waals surface area (Å²) in [4.78, 5) is 66.4. The minimum Gasteiger partial charge on any atom is -0.463 e. The Labute approximate surface area is 686 Å². The second-order valence-corrected chi connectivity index (χ2v) is 34.5. The van der Waals surface area contributed by atoms with Crippen LogP contribution in [0.25, 0.3) is 0 Å². The van der Waals surface area contributed by atoms with E-state index in [0.717, 1.165) is 122 Å². The number of rotatable bonds is 73. The molecule has 0 radical (unpaired) electrons. The molecule has 1 saturated carbocycles. The first-order valence-electron chi connectivity index (χ1n) is 45.8. The summed E-state index contributed by atoms with van der Waals surface area (Å²) in [6, 6.07) is 0. The van der Waals surface area contributed by atoms with Crippen molar-refractivity contribution in [1.82, 2.24) is 0 Å². The average Bonchev–Trinajstić information content (AvgIpc) is 0.755. The lowest BCUT2D eigenvalue weighted by molar-refractivity contribution is -0.360. The Bertz CT molecular complexity index is 2440. The summed E-state index contributed by atoms with van der Waals surface area (Å²) in [7, 11) is -5.80. The van der Waals surface area contributed by atoms with Gasteiger partial charge in [-0.2, -0.15) is 0 Å². The Morgan fingerprint density at radius 1 is 0.368 bits per heavy atom. The second kappa shape index (κ2) is 66.9. The summed E-state index contributed by atoms with van der Waals surface area (Å²) in [6.07, 6.45) is 22.3. The molecule has 3 fully saturated rings. The van der Waals surface area contributed by atoms with Gasteiger partial charge in [-0.25, -0.2) is 4.57 Å². The van der Waals surface area contributed by atoms with Crippen molar-refractivity contribution in [1.29, 1.82) is 0 Å². The molecule has 0 amide bonds. The van der Waals surface area contributed by atoms with Crippen LogP contribution < -0.4 is 0 Å². The Hall–Kier alpha value is -2.79. The molecular weight excluding hydrogens is 1490 g/mol. The molecular formula is C88H163O25P. The SMILES string of the molecule is CCCCCCCC/C=C\CCCCCC(=O)OCC1OC(OC2C(OC(=O)CCCCCCCCCCCCCCC)C(O)C(O)C(OC3OC(CO)C(O)C(O)C3O)C2OP(=O)(O)OCC(COC(=O)CCCCCCCCC(C)CCCCCCCC)OC(=O)CCCCCCCCCCCCCCC)C(O)C(O)C1O. The van der Waals surface area contributed by atoms with E-state index in [1.807, 2.05) is 0 Å². The Balaban J connectivity index is 1.93. The lowest BCUT2D eigenvalue weighted by Crippen LogP contribution is -2.70. The van der Waals surface area contributed by atoms with Gasteiger partial charge in [0.05, 0.1) is 13.2 Å². The number of ether oxygens (including phenoxy) is 8. The Kier molecular flexibility index (Phi) is 61.8. The minimum atomic E-state index is -5.80. The first-order valence-corrected chi connectivity index (χ1v) is 47.3. The zero-order chi connectivity index (χ0) is 83.4. The molecule has 0 aromatic rings. The fraction of sp³-hybridized carbons (Fsp3) is 0.932. The van der Waals surface area contributed by atoms with Crippen molar-refractivity contribution in [2.45, 2.75) is 492 Å². The van der Waals surface area contributed by atoms with Crippen LogP contribution in [0.1, 0.15) is 388 Å². The molecule has 3 aliphatic rings. The van der Waals surface area contributed by atoms with Gasteiger partial charge >= 0.3 is 31.7 Å². The van der Waals surface area contributed by atoms with E-state index in [2.05, 4.69) is 46.8 Å². The Morgan fingerprint density at radius 2 is 0.711 bits per heavy atom. The number of hydrogen-bond donors (Lipinski definition) is 10. The first kappa shape index (κ1) is 105. The number of phosphoric acid groups is 1. The third kappa shape index (κ3) is 47.4. The number of unbranched alkanes of at least 4 members (excludes halogenated alkanes) is 43. The number of carbonyl (C=O) groups is 4. The normalized spacial score (nSPS) is 25.7. The van der Waals surface area contributed by atoms with Gasteiger partial charge in [0.15, 0.2) is 24.8 Å². The molecule has 2 aliphatic heterocycles. The molecule has 114 heavy (non-hydrogen) atoms. The molecule has 19 unspecified atom stereocenters. The van der Waals surface area contributed by atoms with Gasteiger partial charge in [0.2, 0.25) is 0 Å². The number of carbonyl (C=O) groups excluding carboxylic acids is 4. The maximum atomic E-state index is 14.9. The van der Waals surface area contributed by atoms with Crippen LogP contribution >= 0.6 is 7.82 Å². The highest BCUT2D eigenvalue weighted by molar-refractivity contribution is 7.47. The van der Waals surface area contributed by atoms with Crippen molar-refractivity contribution in [3.05, 3.63) is 12.2 Å². The monoisotopic (exact) mass is 1650 g/mol. The number of esters is 4. The van der Waals surface area contributed by atoms with E-state index in [4.69, 9.17) is 46.9 Å². The van der Waals surface area contributed by atoms with Gasteiger partial charge in [0, 0.05) is 25.7 Å². The molecule has 670 valence electrons. The van der Waals surface area contributed by atoms with E-state index in [1.54, 1.807) is 0 Å². The molecule has 2 heterocycles. The molecule has 3 rings (SSSR count). The van der Waals surface area contributed by atoms with Crippen molar-refractivity contribution in [2.24, 2.45) is 5.92 Å². The first-order chi connectivity index (χ1) is 55.1. The molecule has 19 atom stereocenters. The van der Waals surface area contributed by atoms with Gasteiger partial charge in [-0.15, -0.1) is 0 Å². The van der Waals surface area contributed by atoms with E-state index in [9.17, 15) is 74.6 Å². The minimum absolute atomic E-state index is 0.00477. The lowest BCUT2D eigenvalue weighted by Gasteiger charge is -2.50. The molecule has 0 aromatic heterocycles. The van der Waals surface area contributed by atoms with Crippen molar-refractivity contribution in [2.75, 3.05) is 26.4 Å². The molecule has 0 spiro atoms. The molecule has 26 heteroatoms. The van der Waals surface area contributed by atoms with Crippen LogP contribution in [0.4, 0.5) is 0 Å². The summed E-state index contributed by atoms with van der Waals surface area (Å²) in [6.45, 7) is 7.90. The highest BCUT2D eigenvalue weighted by atomic mass is 31.2. The number of hydrogen-bond acceptors (Lipinski definition) is 24. The molecule has 10 N–H and O–H groups in total. The van der Waals surface area contributed by atoms with Crippen LogP contribution in [0, 0.1) is 5.92 Å². The maximum Gasteiger partial charge on any atom is 0.472 e. The standard InChI is InChI=1S/C88H163O25P/c1-6-10-14-18-22-25-28-31-34-37-40-47-54-60-72(91)105-66-70-76(95)78(97)82(101)88(109-70)112-85-83(110-74(93)62-56-50-42-39-36-33-30-27-24-20-16-12-8-3)79(98)80(99)84(111-87-81(100)77(96)75(94)69(63-89)108-87)86(85)113-114(102,103)106-65-68(107-73(92)61-55-49-41-38-35-32-29-26-23-19-15-11-7-2)64-104-71(90)59-53-48-44-43-46-52-58-67(5)57-51-45-21-17-13-9-4/h31,34,67-70,75-89,94-101H,6-30,32-33,35-66H2,1-5H3,(H,102,103)/b34-31-. The third-order valence-electron chi connectivity index (χ3n) is 22.7. The summed E-state index contributed by atoms with van der Waals surface area (Å²) < 4.78 is 73.3. The molecule has 25 nitrogen and oxygen atoms in total. The average molecular weight is 1650 g/mol. The van der Waals surface area contributed by atoms with Crippen LogP contribution in [0.5, 0.6) is 0 Å². The quantitative estimate of drug-likeness (QED) is 0.00889. The predicted octanol–water partition coefficient (Wildman–Crippen LogP) is 16.2. The van der Waals surface area contributed by atoms with Crippen molar-refractivity contribution in [3.63, 3.8) is 0 Å². The van der Waals surface area contributed by atoms with Crippen LogP contribution in [-0.4, -0.2) is 205 Å². The predicted molar refractivity (Wildman–Crippen MR) is 439 cm³/mol. The van der Waals surface area contributed by atoms with Crippen LogP contribution in [0.3, 0.4) is 0 Å². The van der Waals surface area contributed by atoms with E-state index in [-0.39, 0.29) is 25.7 Å². The summed E-state index contributed by atoms with van der Waals surface area (Å²) in [5.41, 5.74) is 0. The van der Waals surface area contributed by atoms with E-state index in [1.165, 1.54) is 167 Å². The maximum absolute atomic E-state index is 14.9. The van der Waals surface area contributed by atoms with E-state index < -0.39 is 162 Å². The van der Waals surface area contributed by atoms with Gasteiger partial charge in [-0.1, -0.05) is 323 Å². The highest BCUT2D eigenvalue weighted by Gasteiger charge is 2.60. The topological polar surface area (TPSA) is 380 Å². The smallest absolute Gasteiger partial charge is 0.463 e. The molecule has 0 aromatic carbocycles. The Morgan fingerprint density at radius 3 is 1.14 bits per heavy atom. The number of phosphoric ester groups is 1. The molecule has 0 bridgehead atoms. The zero-order valence-corrected chi connectivity index (χ0v) is 72.2. The van der Waals surface area contributed by atoms with Gasteiger partial charge < -0.3 is 88.7 Å². The van der Waals surface area contributed by atoms with E-state index in [0.29, 0.717) is 44.4 Å². The molecule has 2 saturated heterocycles. The fourth-order valence-electron chi connectivity index (χ4n) is 15.3. The van der Waals surface area contributed by atoms with Crippen LogP contribution in [-0.2, 0) is 70.7 Å². The second-order valence-electron chi connectivity index (χ2n) is 33.1.